The molecule has 1 aromatic rings. The van der Waals surface area contributed by atoms with E-state index in [0.717, 1.165) is 23.7 Å². The molecule has 0 spiro atoms. The van der Waals surface area contributed by atoms with E-state index in [9.17, 15) is 14.4 Å². The Hall–Kier alpha value is -1.82. The molecule has 1 saturated heterocycles. The van der Waals surface area contributed by atoms with Gasteiger partial charge in [0.15, 0.2) is 0 Å². The van der Waals surface area contributed by atoms with E-state index in [4.69, 9.17) is 0 Å². The van der Waals surface area contributed by atoms with Crippen LogP contribution in [-0.2, 0) is 9.59 Å². The van der Waals surface area contributed by atoms with Gasteiger partial charge in [-0.3, -0.25) is 19.3 Å². The van der Waals surface area contributed by atoms with Crippen LogP contribution < -0.4 is 5.32 Å². The highest BCUT2D eigenvalue weighted by molar-refractivity contribution is 8.15. The van der Waals surface area contributed by atoms with Crippen LogP contribution in [0.5, 0.6) is 0 Å². The number of carbonyl (C=O) groups is 3. The van der Waals surface area contributed by atoms with E-state index in [2.05, 4.69) is 5.32 Å². The molecule has 1 heterocycles. The lowest BCUT2D eigenvalue weighted by atomic mass is 10.2. The van der Waals surface area contributed by atoms with Crippen molar-refractivity contribution < 1.29 is 14.4 Å². The minimum atomic E-state index is -0.602. The smallest absolute Gasteiger partial charge is 0.289 e. The first kappa shape index (κ1) is 15.6. The zero-order valence-electron chi connectivity index (χ0n) is 12.1. The summed E-state index contributed by atoms with van der Waals surface area (Å²) in [6.07, 6.45) is 0.740. The number of hydrogen-bond acceptors (Lipinski definition) is 4. The van der Waals surface area contributed by atoms with Crippen LogP contribution >= 0.6 is 11.8 Å². The predicted molar refractivity (Wildman–Crippen MR) is 83.2 cm³/mol. The minimum absolute atomic E-state index is 0.0172. The summed E-state index contributed by atoms with van der Waals surface area (Å²) in [6, 6.07) is 7.42. The van der Waals surface area contributed by atoms with Crippen LogP contribution in [0.3, 0.4) is 0 Å². The predicted octanol–water partition coefficient (Wildman–Crippen LogP) is 2.80. The number of nitrogens with one attached hydrogen (secondary N) is 1. The number of hydrogen-bond donors (Lipinski definition) is 1. The van der Waals surface area contributed by atoms with Crippen molar-refractivity contribution in [3.63, 3.8) is 0 Å². The first-order valence-corrected chi connectivity index (χ1v) is 7.77. The first-order chi connectivity index (χ1) is 10.0. The lowest BCUT2D eigenvalue weighted by Gasteiger charge is -2.12. The van der Waals surface area contributed by atoms with Crippen LogP contribution in [0.4, 0.5) is 10.5 Å². The van der Waals surface area contributed by atoms with Gasteiger partial charge in [0.1, 0.15) is 5.25 Å². The van der Waals surface area contributed by atoms with Crippen molar-refractivity contribution in [1.82, 2.24) is 4.90 Å². The SMILES string of the molecule is CCCN1C(=O)S[C@H](CC(=O)Nc2ccc(C)cc2)C1=O. The van der Waals surface area contributed by atoms with Crippen LogP contribution in [0.15, 0.2) is 24.3 Å². The monoisotopic (exact) mass is 306 g/mol. The Morgan fingerprint density at radius 2 is 1.95 bits per heavy atom. The van der Waals surface area contributed by atoms with Crippen LogP contribution in [0.2, 0.25) is 0 Å². The Morgan fingerprint density at radius 3 is 2.57 bits per heavy atom. The zero-order valence-corrected chi connectivity index (χ0v) is 12.9. The van der Waals surface area contributed by atoms with Crippen molar-refractivity contribution >= 4 is 34.5 Å². The van der Waals surface area contributed by atoms with Gasteiger partial charge in [0.25, 0.3) is 5.24 Å². The summed E-state index contributed by atoms with van der Waals surface area (Å²) in [5.41, 5.74) is 1.80. The molecule has 0 radical (unpaired) electrons. The second-order valence-electron chi connectivity index (χ2n) is 4.98. The van der Waals surface area contributed by atoms with Crippen molar-refractivity contribution in [3.8, 4) is 0 Å². The first-order valence-electron chi connectivity index (χ1n) is 6.89. The van der Waals surface area contributed by atoms with Gasteiger partial charge in [-0.05, 0) is 25.5 Å². The summed E-state index contributed by atoms with van der Waals surface area (Å²) in [7, 11) is 0. The third-order valence-electron chi connectivity index (χ3n) is 3.16. The molecule has 3 amide bonds. The molecule has 0 bridgehead atoms. The number of benzene rings is 1. The van der Waals surface area contributed by atoms with Crippen molar-refractivity contribution in [3.05, 3.63) is 29.8 Å². The second-order valence-corrected chi connectivity index (χ2v) is 6.13. The third-order valence-corrected chi connectivity index (χ3v) is 4.23. The molecule has 21 heavy (non-hydrogen) atoms. The van der Waals surface area contributed by atoms with E-state index < -0.39 is 5.25 Å². The Labute approximate surface area is 128 Å². The molecule has 0 unspecified atom stereocenters. The molecule has 112 valence electrons. The molecule has 1 atom stereocenters. The number of rotatable bonds is 5. The molecule has 2 rings (SSSR count). The summed E-state index contributed by atoms with van der Waals surface area (Å²) < 4.78 is 0. The highest BCUT2D eigenvalue weighted by Crippen LogP contribution is 2.29. The van der Waals surface area contributed by atoms with Crippen LogP contribution in [0, 0.1) is 6.92 Å². The van der Waals surface area contributed by atoms with Gasteiger partial charge in [0.05, 0.1) is 0 Å². The van der Waals surface area contributed by atoms with Crippen molar-refractivity contribution in [2.45, 2.75) is 31.9 Å². The van der Waals surface area contributed by atoms with Crippen molar-refractivity contribution in [2.75, 3.05) is 11.9 Å². The van der Waals surface area contributed by atoms with Gasteiger partial charge >= 0.3 is 0 Å². The van der Waals surface area contributed by atoms with Crippen LogP contribution in [-0.4, -0.2) is 33.7 Å². The highest BCUT2D eigenvalue weighted by Gasteiger charge is 2.39. The Bertz CT molecular complexity index is 557. The van der Waals surface area contributed by atoms with E-state index in [1.54, 1.807) is 0 Å². The summed E-state index contributed by atoms with van der Waals surface area (Å²) >= 11 is 0.940. The molecular formula is C15H18N2O3S. The number of aryl methyl sites for hydroxylation is 1. The molecule has 5 nitrogen and oxygen atoms in total. The van der Waals surface area contributed by atoms with E-state index in [0.29, 0.717) is 12.2 Å². The fourth-order valence-electron chi connectivity index (χ4n) is 2.07. The second kappa shape index (κ2) is 6.76. The summed E-state index contributed by atoms with van der Waals surface area (Å²) in [5, 5.41) is 1.89. The van der Waals surface area contributed by atoms with E-state index in [-0.39, 0.29) is 23.5 Å². The molecule has 1 aliphatic rings. The van der Waals surface area contributed by atoms with Gasteiger partial charge in [0.2, 0.25) is 11.8 Å². The number of nitrogens with zero attached hydrogens (tertiary/aromatic N) is 1. The molecule has 1 fully saturated rings. The van der Waals surface area contributed by atoms with E-state index in [1.165, 1.54) is 4.90 Å². The number of carbonyl (C=O) groups excluding carboxylic acids is 3. The summed E-state index contributed by atoms with van der Waals surface area (Å²) in [6.45, 7) is 4.29. The fraction of sp³-hybridized carbons (Fsp3) is 0.400. The minimum Gasteiger partial charge on any atom is -0.326 e. The maximum atomic E-state index is 12.0. The Balaban J connectivity index is 1.92. The molecule has 1 aromatic carbocycles. The average molecular weight is 306 g/mol. The number of amides is 3. The molecule has 0 saturated carbocycles. The summed E-state index contributed by atoms with van der Waals surface area (Å²) in [5.74, 6) is -0.512. The topological polar surface area (TPSA) is 66.5 Å². The molecule has 6 heteroatoms. The zero-order chi connectivity index (χ0) is 15.4. The number of imide groups is 1. The lowest BCUT2D eigenvalue weighted by molar-refractivity contribution is -0.128. The Kier molecular flexibility index (Phi) is 5.01. The van der Waals surface area contributed by atoms with Gasteiger partial charge in [-0.2, -0.15) is 0 Å². The lowest BCUT2D eigenvalue weighted by Crippen LogP contribution is -2.33. The number of anilines is 1. The molecule has 1 N–H and O–H groups in total. The van der Waals surface area contributed by atoms with E-state index >= 15 is 0 Å². The summed E-state index contributed by atoms with van der Waals surface area (Å²) in [4.78, 5) is 36.9. The molecule has 1 aliphatic heterocycles. The molecule has 0 aromatic heterocycles. The normalized spacial score (nSPS) is 18.2. The van der Waals surface area contributed by atoms with Gasteiger partial charge in [0, 0.05) is 18.7 Å². The fourth-order valence-corrected chi connectivity index (χ4v) is 3.09. The standard InChI is InChI=1S/C15H18N2O3S/c1-3-8-17-14(19)12(21-15(17)20)9-13(18)16-11-6-4-10(2)5-7-11/h4-7,12H,3,8-9H2,1-2H3,(H,16,18)/t12-/m1/s1. The quantitative estimate of drug-likeness (QED) is 0.908. The Morgan fingerprint density at radius 1 is 1.29 bits per heavy atom. The highest BCUT2D eigenvalue weighted by atomic mass is 32.2. The van der Waals surface area contributed by atoms with Crippen molar-refractivity contribution in [1.29, 1.82) is 0 Å². The van der Waals surface area contributed by atoms with Crippen molar-refractivity contribution in [2.24, 2.45) is 0 Å². The third kappa shape index (κ3) is 3.85. The van der Waals surface area contributed by atoms with Gasteiger partial charge < -0.3 is 5.32 Å². The van der Waals surface area contributed by atoms with Crippen LogP contribution in [0.25, 0.3) is 0 Å². The number of thioether (sulfide) groups is 1. The van der Waals surface area contributed by atoms with Crippen LogP contribution in [0.1, 0.15) is 25.3 Å². The molecule has 0 aliphatic carbocycles. The average Bonchev–Trinajstić information content (AvgIpc) is 2.69. The van der Waals surface area contributed by atoms with Gasteiger partial charge in [-0.15, -0.1) is 0 Å². The largest absolute Gasteiger partial charge is 0.326 e. The van der Waals surface area contributed by atoms with Gasteiger partial charge in [-0.1, -0.05) is 36.4 Å². The maximum absolute atomic E-state index is 12.0. The van der Waals surface area contributed by atoms with Gasteiger partial charge in [-0.25, -0.2) is 0 Å². The maximum Gasteiger partial charge on any atom is 0.289 e. The molecular weight excluding hydrogens is 288 g/mol. The van der Waals surface area contributed by atoms with E-state index in [1.807, 2.05) is 38.1 Å².